The van der Waals surface area contributed by atoms with Crippen LogP contribution in [0.25, 0.3) is 16.9 Å². The van der Waals surface area contributed by atoms with Gasteiger partial charge in [-0.2, -0.15) is 15.3 Å². The average Bonchev–Trinajstić information content (AvgIpc) is 3.63. The molecule has 1 aliphatic carbocycles. The quantitative estimate of drug-likeness (QED) is 0.338. The van der Waals surface area contributed by atoms with Crippen LogP contribution in [-0.4, -0.2) is 42.6 Å². The smallest absolute Gasteiger partial charge is 0.259 e. The molecule has 1 N–H and O–H groups in total. The van der Waals surface area contributed by atoms with Gasteiger partial charge in [0.15, 0.2) is 0 Å². The van der Waals surface area contributed by atoms with Crippen LogP contribution in [0.5, 0.6) is 0 Å². The van der Waals surface area contributed by atoms with Crippen LogP contribution < -0.4 is 5.56 Å². The number of rotatable bonds is 8. The van der Waals surface area contributed by atoms with Crippen molar-refractivity contribution in [3.63, 3.8) is 0 Å². The molecule has 1 aliphatic heterocycles. The maximum Gasteiger partial charge on any atom is 0.259 e. The van der Waals surface area contributed by atoms with Crippen LogP contribution in [0.4, 0.5) is 0 Å². The van der Waals surface area contributed by atoms with Gasteiger partial charge in [-0.15, -0.1) is 0 Å². The van der Waals surface area contributed by atoms with Crippen LogP contribution in [0.2, 0.25) is 0 Å². The summed E-state index contributed by atoms with van der Waals surface area (Å²) in [5.41, 5.74) is 4.45. The number of fused-ring (bicyclic) bond motifs is 1. The first-order valence-corrected chi connectivity index (χ1v) is 13.9. The third-order valence-corrected chi connectivity index (χ3v) is 8.27. The molecule has 2 aromatic heterocycles. The van der Waals surface area contributed by atoms with Crippen molar-refractivity contribution in [1.29, 1.82) is 5.26 Å². The van der Waals surface area contributed by atoms with Gasteiger partial charge < -0.3 is 9.84 Å². The zero-order valence-corrected chi connectivity index (χ0v) is 22.2. The highest BCUT2D eigenvalue weighted by atomic mass is 16.6. The second-order valence-electron chi connectivity index (χ2n) is 11.0. The molecule has 1 atom stereocenters. The van der Waals surface area contributed by atoms with Gasteiger partial charge in [0, 0.05) is 24.4 Å². The van der Waals surface area contributed by atoms with Crippen LogP contribution in [-0.2, 0) is 17.6 Å². The van der Waals surface area contributed by atoms with E-state index in [1.165, 1.54) is 6.33 Å². The van der Waals surface area contributed by atoms with E-state index in [2.05, 4.69) is 23.1 Å². The third kappa shape index (κ3) is 5.00. The lowest BCUT2D eigenvalue weighted by Gasteiger charge is -2.36. The largest absolute Gasteiger partial charge is 0.390 e. The summed E-state index contributed by atoms with van der Waals surface area (Å²) in [6.45, 7) is 2.84. The molecular weight excluding hydrogens is 490 g/mol. The molecule has 2 fully saturated rings. The van der Waals surface area contributed by atoms with Crippen molar-refractivity contribution >= 4 is 5.78 Å². The van der Waals surface area contributed by atoms with E-state index in [9.17, 15) is 15.2 Å². The van der Waals surface area contributed by atoms with Gasteiger partial charge in [0.25, 0.3) is 5.56 Å². The molecule has 200 valence electrons. The summed E-state index contributed by atoms with van der Waals surface area (Å²) < 4.78 is 9.03. The molecule has 6 rings (SSSR count). The van der Waals surface area contributed by atoms with Crippen molar-refractivity contribution < 1.29 is 9.84 Å². The lowest BCUT2D eigenvalue weighted by atomic mass is 9.79. The number of aryl methyl sites for hydroxylation is 1. The fourth-order valence-corrected chi connectivity index (χ4v) is 6.13. The van der Waals surface area contributed by atoms with Crippen molar-refractivity contribution in [3.05, 3.63) is 87.6 Å². The second-order valence-corrected chi connectivity index (χ2v) is 11.0. The molecule has 4 aromatic rings. The Balaban J connectivity index is 1.34. The molecule has 3 heterocycles. The van der Waals surface area contributed by atoms with Crippen LogP contribution in [0.15, 0.2) is 59.7 Å². The Morgan fingerprint density at radius 3 is 2.59 bits per heavy atom. The van der Waals surface area contributed by atoms with Crippen molar-refractivity contribution in [1.82, 2.24) is 19.2 Å². The number of aliphatic hydroxyl groups is 1. The molecule has 0 bridgehead atoms. The molecule has 1 saturated heterocycles. The van der Waals surface area contributed by atoms with Gasteiger partial charge in [-0.25, -0.2) is 4.52 Å². The van der Waals surface area contributed by atoms with Crippen LogP contribution in [0.3, 0.4) is 0 Å². The molecule has 0 spiro atoms. The number of aromatic nitrogens is 4. The van der Waals surface area contributed by atoms with Crippen molar-refractivity contribution in [2.45, 2.75) is 76.0 Å². The Kier molecular flexibility index (Phi) is 6.79. The minimum absolute atomic E-state index is 0.0150. The maximum absolute atomic E-state index is 14.2. The Hall–Kier alpha value is -3.80. The van der Waals surface area contributed by atoms with Gasteiger partial charge in [0.1, 0.15) is 6.33 Å². The predicted octanol–water partition coefficient (Wildman–Crippen LogP) is 4.61. The molecule has 0 radical (unpaired) electrons. The molecule has 2 aliphatic rings. The van der Waals surface area contributed by atoms with E-state index < -0.39 is 5.60 Å². The van der Waals surface area contributed by atoms with Gasteiger partial charge in [0.05, 0.1) is 35.6 Å². The van der Waals surface area contributed by atoms with Crippen LogP contribution in [0.1, 0.15) is 73.9 Å². The van der Waals surface area contributed by atoms with Crippen molar-refractivity contribution in [2.75, 3.05) is 6.61 Å². The molecule has 1 saturated carbocycles. The molecule has 39 heavy (non-hydrogen) atoms. The second kappa shape index (κ2) is 10.4. The van der Waals surface area contributed by atoms with Gasteiger partial charge >= 0.3 is 0 Å². The van der Waals surface area contributed by atoms with Gasteiger partial charge in [0.2, 0.25) is 5.78 Å². The highest BCUT2D eigenvalue weighted by Crippen LogP contribution is 2.39. The minimum atomic E-state index is -0.720. The summed E-state index contributed by atoms with van der Waals surface area (Å²) in [6, 6.07) is 17.9. The molecular formula is C31H33N5O3. The summed E-state index contributed by atoms with van der Waals surface area (Å²) in [7, 11) is 0. The SMILES string of the molecule is CCCc1c(Cc2ccc(-c3ccccc3C#N)cc2)c(=O)n(C2CCC(O)(CC3CO3)CC2)c2ncnn12. The molecule has 8 heteroatoms. The van der Waals surface area contributed by atoms with Crippen LogP contribution in [0, 0.1) is 11.3 Å². The number of nitrogens with zero attached hydrogens (tertiary/aromatic N) is 5. The van der Waals surface area contributed by atoms with E-state index in [1.54, 1.807) is 0 Å². The van der Waals surface area contributed by atoms with Gasteiger partial charge in [-0.1, -0.05) is 55.8 Å². The predicted molar refractivity (Wildman–Crippen MR) is 147 cm³/mol. The average molecular weight is 524 g/mol. The first-order chi connectivity index (χ1) is 19.0. The summed E-state index contributed by atoms with van der Waals surface area (Å²) >= 11 is 0. The number of nitriles is 1. The van der Waals surface area contributed by atoms with E-state index in [1.807, 2.05) is 57.6 Å². The van der Waals surface area contributed by atoms with Crippen molar-refractivity contribution in [2.24, 2.45) is 0 Å². The normalized spacial score (nSPS) is 22.6. The standard InChI is InChI=1S/C31H33N5O3/c1-2-5-28-27(16-21-8-10-22(11-9-21)26-7-4-3-6-23(26)18-32)29(37)35(30-33-20-34-36(28)30)24-12-14-31(38,15-13-24)17-25-19-39-25/h3-4,6-11,20,24-25,38H,2,5,12-17,19H2,1H3. The molecule has 2 aromatic carbocycles. The lowest BCUT2D eigenvalue weighted by Crippen LogP contribution is -2.39. The first kappa shape index (κ1) is 25.5. The number of epoxide rings is 1. The van der Waals surface area contributed by atoms with E-state index in [4.69, 9.17) is 4.74 Å². The summed E-state index contributed by atoms with van der Waals surface area (Å²) in [5, 5.41) is 25.1. The Morgan fingerprint density at radius 2 is 1.90 bits per heavy atom. The van der Waals surface area contributed by atoms with Crippen LogP contribution >= 0.6 is 0 Å². The minimum Gasteiger partial charge on any atom is -0.390 e. The van der Waals surface area contributed by atoms with E-state index in [-0.39, 0.29) is 17.7 Å². The highest BCUT2D eigenvalue weighted by Gasteiger charge is 2.40. The zero-order valence-electron chi connectivity index (χ0n) is 22.2. The van der Waals surface area contributed by atoms with Crippen molar-refractivity contribution in [3.8, 4) is 17.2 Å². The third-order valence-electron chi connectivity index (χ3n) is 8.27. The Labute approximate surface area is 227 Å². The molecule has 1 unspecified atom stereocenters. The fraction of sp³-hybridized carbons (Fsp3) is 0.419. The number of hydrogen-bond donors (Lipinski definition) is 1. The Morgan fingerprint density at radius 1 is 1.15 bits per heavy atom. The Bertz CT molecular complexity index is 1590. The van der Waals surface area contributed by atoms with Gasteiger partial charge in [-0.3, -0.25) is 9.36 Å². The number of benzene rings is 2. The molecule has 8 nitrogen and oxygen atoms in total. The van der Waals surface area contributed by atoms with E-state index >= 15 is 0 Å². The van der Waals surface area contributed by atoms with E-state index in [0.29, 0.717) is 49.9 Å². The monoisotopic (exact) mass is 523 g/mol. The number of ether oxygens (including phenoxy) is 1. The summed E-state index contributed by atoms with van der Waals surface area (Å²) in [4.78, 5) is 18.7. The fourth-order valence-electron chi connectivity index (χ4n) is 6.13. The summed E-state index contributed by atoms with van der Waals surface area (Å²) in [5.74, 6) is 0.580. The lowest BCUT2D eigenvalue weighted by molar-refractivity contribution is -0.0201. The number of hydrogen-bond acceptors (Lipinski definition) is 6. The summed E-state index contributed by atoms with van der Waals surface area (Å²) in [6.07, 6.45) is 7.18. The topological polar surface area (TPSA) is 109 Å². The van der Waals surface area contributed by atoms with E-state index in [0.717, 1.165) is 47.4 Å². The zero-order chi connectivity index (χ0) is 27.0. The first-order valence-electron chi connectivity index (χ1n) is 13.9. The molecule has 0 amide bonds. The van der Waals surface area contributed by atoms with Gasteiger partial charge in [-0.05, 0) is 54.9 Å². The maximum atomic E-state index is 14.2. The highest BCUT2D eigenvalue weighted by molar-refractivity contribution is 5.70.